The lowest BCUT2D eigenvalue weighted by atomic mass is 9.96. The van der Waals surface area contributed by atoms with E-state index in [1.807, 2.05) is 6.08 Å². The van der Waals surface area contributed by atoms with Gasteiger partial charge < -0.3 is 89.9 Å². The molecule has 3 aliphatic rings. The van der Waals surface area contributed by atoms with E-state index < -0.39 is 124 Å². The maximum Gasteiger partial charge on any atom is 0.220 e. The zero-order chi connectivity index (χ0) is 54.8. The van der Waals surface area contributed by atoms with Crippen molar-refractivity contribution in [3.05, 3.63) is 48.6 Å². The van der Waals surface area contributed by atoms with Crippen LogP contribution in [-0.4, -0.2) is 193 Å². The molecular formula is C56H99NO18. The van der Waals surface area contributed by atoms with E-state index in [1.54, 1.807) is 6.08 Å². The number of nitrogens with one attached hydrogen (secondary N) is 1. The molecular weight excluding hydrogens is 975 g/mol. The highest BCUT2D eigenvalue weighted by Gasteiger charge is 2.53. The molecule has 17 unspecified atom stereocenters. The van der Waals surface area contributed by atoms with E-state index in [2.05, 4.69) is 55.6 Å². The second kappa shape index (κ2) is 40.0. The molecule has 1 amide bonds. The number of rotatable bonds is 40. The van der Waals surface area contributed by atoms with Crippen molar-refractivity contribution < 1.29 is 89.4 Å². The predicted octanol–water partition coefficient (Wildman–Crippen LogP) is 3.92. The van der Waals surface area contributed by atoms with Crippen LogP contribution >= 0.6 is 0 Å². The summed E-state index contributed by atoms with van der Waals surface area (Å²) in [6, 6.07) is -0.979. The normalized spacial score (nSPS) is 31.6. The van der Waals surface area contributed by atoms with Crippen LogP contribution in [0.4, 0.5) is 0 Å². The molecule has 0 aromatic rings. The van der Waals surface area contributed by atoms with Crippen LogP contribution < -0.4 is 5.32 Å². The van der Waals surface area contributed by atoms with Crippen LogP contribution in [0, 0.1) is 0 Å². The van der Waals surface area contributed by atoms with Crippen LogP contribution in [0.3, 0.4) is 0 Å². The standard InChI is InChI=1S/C56H99NO18/c1-3-5-7-9-11-13-15-16-17-18-19-20-21-22-24-26-28-30-32-34-44(62)57-39(40(61)33-31-29-27-25-23-14-12-10-8-6-4-2)38-70-54-50(68)47(65)52(42(36-59)72-54)75-56-51(69)48(66)53(43(37-60)73-56)74-55-49(67)46(64)45(63)41(35-58)71-55/h11,13,16-17,19-20,31,33,39-43,45-56,58-61,63-69H,3-10,12,14-15,18,21-30,32,34-38H2,1-2H3,(H,57,62)/b13-11-,17-16-,20-19-,33-31+. The number of hydrogen-bond donors (Lipinski definition) is 12. The molecule has 436 valence electrons. The second-order valence-corrected chi connectivity index (χ2v) is 20.4. The number of unbranched alkanes of at least 4 members (excludes halogenated alkanes) is 18. The first-order valence-corrected chi connectivity index (χ1v) is 28.4. The summed E-state index contributed by atoms with van der Waals surface area (Å²) in [5.74, 6) is -0.292. The van der Waals surface area contributed by atoms with Gasteiger partial charge in [0.05, 0.1) is 38.6 Å². The summed E-state index contributed by atoms with van der Waals surface area (Å²) in [5, 5.41) is 120. The Balaban J connectivity index is 1.52. The molecule has 75 heavy (non-hydrogen) atoms. The molecule has 3 rings (SSSR count). The van der Waals surface area contributed by atoms with E-state index in [4.69, 9.17) is 28.4 Å². The largest absolute Gasteiger partial charge is 0.394 e. The highest BCUT2D eigenvalue weighted by molar-refractivity contribution is 5.76. The molecule has 3 heterocycles. The van der Waals surface area contributed by atoms with Crippen molar-refractivity contribution in [3.63, 3.8) is 0 Å². The Labute approximate surface area is 446 Å². The predicted molar refractivity (Wildman–Crippen MR) is 282 cm³/mol. The lowest BCUT2D eigenvalue weighted by Crippen LogP contribution is -2.66. The summed E-state index contributed by atoms with van der Waals surface area (Å²) in [7, 11) is 0. The number of carbonyl (C=O) groups is 1. The number of aliphatic hydroxyl groups excluding tert-OH is 11. The number of carbonyl (C=O) groups excluding carboxylic acids is 1. The van der Waals surface area contributed by atoms with Gasteiger partial charge in [0.1, 0.15) is 73.2 Å². The Morgan fingerprint density at radius 2 is 0.880 bits per heavy atom. The number of aliphatic hydroxyl groups is 11. The molecule has 0 bridgehead atoms. The van der Waals surface area contributed by atoms with Crippen LogP contribution in [0.15, 0.2) is 48.6 Å². The monoisotopic (exact) mass is 1070 g/mol. The van der Waals surface area contributed by atoms with E-state index in [1.165, 1.54) is 57.8 Å². The summed E-state index contributed by atoms with van der Waals surface area (Å²) in [4.78, 5) is 13.3. The van der Waals surface area contributed by atoms with Gasteiger partial charge in [-0.25, -0.2) is 0 Å². The molecule has 0 spiro atoms. The van der Waals surface area contributed by atoms with Gasteiger partial charge in [0.25, 0.3) is 0 Å². The molecule has 0 aliphatic carbocycles. The van der Waals surface area contributed by atoms with Crippen molar-refractivity contribution >= 4 is 5.91 Å². The van der Waals surface area contributed by atoms with Crippen molar-refractivity contribution in [1.29, 1.82) is 0 Å². The SMILES string of the molecule is CCCCC/C=C\C/C=C\C/C=C\CCCCCCCCC(=O)NC(COC1OC(CO)C(OC2OC(CO)C(OC3OC(CO)C(O)C(O)C3O)C(O)C2O)C(O)C1O)C(O)/C=C/CCCCCCCCCCC. The Morgan fingerprint density at radius 3 is 1.40 bits per heavy atom. The van der Waals surface area contributed by atoms with E-state index in [0.29, 0.717) is 6.42 Å². The molecule has 0 aromatic carbocycles. The van der Waals surface area contributed by atoms with Crippen LogP contribution in [-0.2, 0) is 33.2 Å². The van der Waals surface area contributed by atoms with Gasteiger partial charge in [-0.05, 0) is 57.8 Å². The first-order chi connectivity index (χ1) is 36.3. The third-order valence-corrected chi connectivity index (χ3v) is 14.1. The third kappa shape index (κ3) is 24.8. The van der Waals surface area contributed by atoms with Crippen molar-refractivity contribution in [3.8, 4) is 0 Å². The first kappa shape index (κ1) is 67.0. The molecule has 0 aromatic heterocycles. The van der Waals surface area contributed by atoms with Gasteiger partial charge in [-0.15, -0.1) is 0 Å². The van der Waals surface area contributed by atoms with E-state index in [0.717, 1.165) is 83.5 Å². The fourth-order valence-corrected chi connectivity index (χ4v) is 9.37. The summed E-state index contributed by atoms with van der Waals surface area (Å²) in [5.41, 5.74) is 0. The van der Waals surface area contributed by atoms with Gasteiger partial charge in [0, 0.05) is 6.42 Å². The minimum atomic E-state index is -1.98. The number of hydrogen-bond acceptors (Lipinski definition) is 18. The average molecular weight is 1070 g/mol. The molecule has 17 atom stereocenters. The van der Waals surface area contributed by atoms with Crippen LogP contribution in [0.5, 0.6) is 0 Å². The van der Waals surface area contributed by atoms with Gasteiger partial charge in [-0.2, -0.15) is 0 Å². The van der Waals surface area contributed by atoms with E-state index in [-0.39, 0.29) is 18.9 Å². The van der Waals surface area contributed by atoms with Crippen molar-refractivity contribution in [2.24, 2.45) is 0 Å². The summed E-state index contributed by atoms with van der Waals surface area (Å²) >= 11 is 0. The summed E-state index contributed by atoms with van der Waals surface area (Å²) < 4.78 is 34.1. The summed E-state index contributed by atoms with van der Waals surface area (Å²) in [6.07, 6.45) is 15.3. The Hall–Kier alpha value is -2.25. The second-order valence-electron chi connectivity index (χ2n) is 20.4. The topological polar surface area (TPSA) is 307 Å². The van der Waals surface area contributed by atoms with Crippen LogP contribution in [0.25, 0.3) is 0 Å². The third-order valence-electron chi connectivity index (χ3n) is 14.1. The number of allylic oxidation sites excluding steroid dienone is 7. The van der Waals surface area contributed by atoms with Crippen molar-refractivity contribution in [2.75, 3.05) is 26.4 Å². The smallest absolute Gasteiger partial charge is 0.220 e. The Kier molecular flexibility index (Phi) is 35.8. The highest BCUT2D eigenvalue weighted by atomic mass is 16.8. The fourth-order valence-electron chi connectivity index (χ4n) is 9.37. The first-order valence-electron chi connectivity index (χ1n) is 28.4. The molecule has 0 radical (unpaired) electrons. The zero-order valence-corrected chi connectivity index (χ0v) is 45.0. The minimum Gasteiger partial charge on any atom is -0.394 e. The maximum absolute atomic E-state index is 13.3. The number of amides is 1. The lowest BCUT2D eigenvalue weighted by molar-refractivity contribution is -0.379. The Bertz CT molecular complexity index is 1570. The molecule has 12 N–H and O–H groups in total. The fraction of sp³-hybridized carbons (Fsp3) is 0.839. The quantitative estimate of drug-likeness (QED) is 0.0306. The highest BCUT2D eigenvalue weighted by Crippen LogP contribution is 2.33. The molecule has 3 saturated heterocycles. The molecule has 3 fully saturated rings. The minimum absolute atomic E-state index is 0.227. The molecule has 19 nitrogen and oxygen atoms in total. The summed E-state index contributed by atoms with van der Waals surface area (Å²) in [6.45, 7) is 1.64. The van der Waals surface area contributed by atoms with E-state index in [9.17, 15) is 61.0 Å². The van der Waals surface area contributed by atoms with Gasteiger partial charge in [0.15, 0.2) is 18.9 Å². The molecule has 3 aliphatic heterocycles. The average Bonchev–Trinajstić information content (AvgIpc) is 3.41. The van der Waals surface area contributed by atoms with Gasteiger partial charge in [-0.3, -0.25) is 4.79 Å². The molecule has 19 heteroatoms. The van der Waals surface area contributed by atoms with Gasteiger partial charge >= 0.3 is 0 Å². The van der Waals surface area contributed by atoms with Crippen LogP contribution in [0.1, 0.15) is 168 Å². The van der Waals surface area contributed by atoms with Gasteiger partial charge in [0.2, 0.25) is 5.91 Å². The Morgan fingerprint density at radius 1 is 0.480 bits per heavy atom. The number of ether oxygens (including phenoxy) is 6. The van der Waals surface area contributed by atoms with Crippen molar-refractivity contribution in [1.82, 2.24) is 5.32 Å². The van der Waals surface area contributed by atoms with Gasteiger partial charge in [-0.1, -0.05) is 152 Å². The van der Waals surface area contributed by atoms with Crippen molar-refractivity contribution in [2.45, 2.75) is 272 Å². The maximum atomic E-state index is 13.3. The van der Waals surface area contributed by atoms with E-state index >= 15 is 0 Å². The van der Waals surface area contributed by atoms with Crippen LogP contribution in [0.2, 0.25) is 0 Å². The molecule has 0 saturated carbocycles. The zero-order valence-electron chi connectivity index (χ0n) is 45.0. The lowest BCUT2D eigenvalue weighted by Gasteiger charge is -2.48.